The lowest BCUT2D eigenvalue weighted by atomic mass is 10.4. The lowest BCUT2D eigenvalue weighted by molar-refractivity contribution is 1.65. The van der Waals surface area contributed by atoms with Crippen LogP contribution in [0.3, 0.4) is 0 Å². The van der Waals surface area contributed by atoms with Gasteiger partial charge in [-0.3, -0.25) is 0 Å². The smallest absolute Gasteiger partial charge is 0.0639 e. The van der Waals surface area contributed by atoms with Crippen molar-refractivity contribution in [2.45, 2.75) is 0 Å². The Kier molecular flexibility index (Phi) is 152. The highest BCUT2D eigenvalue weighted by atomic mass is 79.9. The first-order valence-corrected chi connectivity index (χ1v) is 162. The molecule has 0 saturated heterocycles. The summed E-state index contributed by atoms with van der Waals surface area (Å²) in [7, 11) is 190. The number of hydrogen-bond donors (Lipinski definition) is 0. The second-order valence-electron chi connectivity index (χ2n) is 8.27. The van der Waals surface area contributed by atoms with Crippen LogP contribution in [0.4, 0.5) is 0 Å². The first-order valence-electron chi connectivity index (χ1n) is 21.5. The zero-order valence-electron chi connectivity index (χ0n) is 51.4. The second-order valence-corrected chi connectivity index (χ2v) is 195. The van der Waals surface area contributed by atoms with Gasteiger partial charge in [-0.1, -0.05) is 23.7 Å². The van der Waals surface area contributed by atoms with Gasteiger partial charge in [0.1, 0.15) is 0 Å². The summed E-state index contributed by atoms with van der Waals surface area (Å²) in [6.07, 6.45) is 0. The highest BCUT2D eigenvalue weighted by molar-refractivity contribution is 9.10. The van der Waals surface area contributed by atoms with Crippen LogP contribution in [0, 0.1) is 0 Å². The summed E-state index contributed by atoms with van der Waals surface area (Å²) in [4.78, 5) is 0. The molecule has 1 aromatic rings. The summed E-state index contributed by atoms with van der Waals surface area (Å²) in [6, 6.07) is -0.963. The largest absolute Gasteiger partial charge is 0.0831 e. The van der Waals surface area contributed by atoms with E-state index >= 15 is 0 Å². The molecule has 0 atom stereocenters. The Balaban J connectivity index is 0.0000106. The summed E-state index contributed by atoms with van der Waals surface area (Å²) in [5, 5.41) is 0.0148. The Hall–Kier alpha value is 23.5. The Morgan fingerprint density at radius 1 is 0.148 bits per heavy atom. The number of benzene rings is 1. The third-order valence-corrected chi connectivity index (χ3v) is 236. The summed E-state index contributed by atoms with van der Waals surface area (Å²) >= 11 is 18.2. The molecular weight excluding hydrogens is 3620 g/mol. The predicted octanol–water partition coefficient (Wildman–Crippen LogP) is 2.85. The molecule has 0 amide bonds. The van der Waals surface area contributed by atoms with Crippen LogP contribution in [0.25, 0.3) is 0 Å². The summed E-state index contributed by atoms with van der Waals surface area (Å²) < 4.78 is 29.2. The molecule has 0 bridgehead atoms. The maximum Gasteiger partial charge on any atom is 0.0639 e. The van der Waals surface area contributed by atoms with Gasteiger partial charge in [0.05, 0.1) is 10.5 Å². The van der Waals surface area contributed by atoms with Gasteiger partial charge in [0.2, 0.25) is 0 Å². The van der Waals surface area contributed by atoms with Crippen LogP contribution in [0.1, 0.15) is 5.48 Å². The van der Waals surface area contributed by atoms with Crippen molar-refractivity contribution in [3.8, 4) is 0 Å². The van der Waals surface area contributed by atoms with Crippen molar-refractivity contribution in [3.63, 3.8) is 0 Å². The molecular formula is C6H4BrClS107. The van der Waals surface area contributed by atoms with Crippen LogP contribution in [-0.4, -0.2) is 0 Å². The van der Waals surface area contributed by atoms with Crippen molar-refractivity contribution >= 4 is 982 Å². The van der Waals surface area contributed by atoms with Crippen molar-refractivity contribution in [2.24, 2.45) is 0 Å². The molecule has 0 nitrogen and oxygen atoms in total. The van der Waals surface area contributed by atoms with E-state index in [-0.39, 0.29) is 33.7 Å². The molecule has 115 heavy (non-hydrogen) atoms. The van der Waals surface area contributed by atoms with Gasteiger partial charge < -0.3 is 0 Å². The molecule has 1 rings (SSSR count). The molecule has 0 N–H and O–H groups in total. The van der Waals surface area contributed by atoms with E-state index in [2.05, 4.69) is 15.9 Å². The molecule has 0 aliphatic rings. The van der Waals surface area contributed by atoms with Gasteiger partial charge >= 0.3 is 0 Å². The van der Waals surface area contributed by atoms with Crippen molar-refractivity contribution in [2.75, 3.05) is 0 Å². The molecule has 0 radical (unpaired) electrons. The van der Waals surface area contributed by atoms with E-state index in [1.54, 1.807) is 107 Å². The first kappa shape index (κ1) is 131. The lowest BCUT2D eigenvalue weighted by Gasteiger charge is -1.88. The molecule has 0 heterocycles. The van der Waals surface area contributed by atoms with Gasteiger partial charge in [-0.2, -0.15) is 0 Å². The van der Waals surface area contributed by atoms with E-state index in [0.717, 1.165) is 0 Å². The predicted molar refractivity (Wildman–Crippen MR) is 827 cm³/mol. The molecule has 109 heteroatoms. The van der Waals surface area contributed by atoms with E-state index in [4.69, 9.17) is 39.5 Å². The maximum absolute atomic E-state index is 7.30. The van der Waals surface area contributed by atoms with Gasteiger partial charge in [0.15, 0.2) is 0 Å². The van der Waals surface area contributed by atoms with Crippen molar-refractivity contribution < 1.29 is 5.48 Å². The van der Waals surface area contributed by atoms with Gasteiger partial charge in [-0.25, -0.2) is 0 Å². The van der Waals surface area contributed by atoms with Crippen LogP contribution in [0.15, 0.2) is 28.6 Å². The van der Waals surface area contributed by atoms with Crippen LogP contribution < -0.4 is 0 Å². The van der Waals surface area contributed by atoms with Crippen LogP contribution in [0.5, 0.6) is 0 Å². The highest BCUT2D eigenvalue weighted by Gasteiger charge is 1.88. The van der Waals surface area contributed by atoms with Crippen LogP contribution >= 0.6 is 27.5 Å². The molecule has 0 spiro atoms. The van der Waals surface area contributed by atoms with E-state index in [1.807, 2.05) is 808 Å². The quantitative estimate of drug-likeness (QED) is 0.393. The third kappa shape index (κ3) is 132. The normalized spacial score (nSPS) is 8.47. The molecule has 0 fully saturated rings. The van der Waals surface area contributed by atoms with E-state index in [0.29, 0.717) is 0 Å². The summed E-state index contributed by atoms with van der Waals surface area (Å²) in [5.74, 6) is 0. The Morgan fingerprint density at radius 3 is 0.296 bits per heavy atom. The second kappa shape index (κ2) is 134. The van der Waals surface area contributed by atoms with E-state index < -0.39 is 0 Å². The number of rotatable bonds is 0. The molecule has 0 aromatic heterocycles. The van der Waals surface area contributed by atoms with Crippen molar-refractivity contribution in [3.05, 3.63) is 33.7 Å². The monoisotopic (exact) mass is 3610 g/mol. The van der Waals surface area contributed by atoms with Gasteiger partial charge in [0, 0.05) is 959 Å². The summed E-state index contributed by atoms with van der Waals surface area (Å²) in [5.41, 5.74) is 0. The minimum Gasteiger partial charge on any atom is -0.0831 e. The number of hydrogen-bond acceptors (Lipinski definition) is 2. The molecule has 684 valence electrons. The van der Waals surface area contributed by atoms with Gasteiger partial charge in [-0.05, 0) is 28.0 Å². The fourth-order valence-electron chi connectivity index (χ4n) is 1.45. The molecule has 0 unspecified atom stereocenters. The van der Waals surface area contributed by atoms with Crippen LogP contribution in [-0.2, 0) is 955 Å². The molecule has 0 aliphatic carbocycles. The van der Waals surface area contributed by atoms with Crippen molar-refractivity contribution in [1.82, 2.24) is 0 Å². The third-order valence-electron chi connectivity index (χ3n) is 3.49. The fourth-order valence-corrected chi connectivity index (χ4v) is 284. The molecule has 0 aliphatic heterocycles. The minimum atomic E-state index is -0.312. The lowest BCUT2D eigenvalue weighted by Crippen LogP contribution is -1.62. The van der Waals surface area contributed by atoms with Gasteiger partial charge in [0.25, 0.3) is 0 Å². The maximum atomic E-state index is 7.30. The SMILES string of the molecule is S=S=S=S=S=S=S=S=S=S=S=S=S=S=S=S=S=S=S=S=S=S=S=S=S=S=S=S=S=S=S=S=S=S=S=S=S=S=S=S=S=S=S=S=S=S=S=S=S=S=S=S=S=S=S=S=S=S=S=S=S=S=S=S=S=S=S=S=S=S=S=S=S=S=S=S=S=S=S=S=S=S=S=S=S=S=S=S=S=S=S=S=S=S=S=S=S=S=S=S=S=S=S=S=S=S=S.[2H]c1c([2H])c([2H])c(Br)c(Cl)c1[2H]. The fraction of sp³-hybridized carbons (Fsp3) is 0. The minimum absolute atomic E-state index is 0.0148. The van der Waals surface area contributed by atoms with E-state index in [1.165, 1.54) is 17.8 Å². The zero-order chi connectivity index (χ0) is 85.7. The Labute approximate surface area is 990 Å². The zero-order valence-corrected chi connectivity index (χ0v) is 137. The average molecular weight is 3630 g/mol. The van der Waals surface area contributed by atoms with Crippen molar-refractivity contribution in [1.29, 1.82) is 0 Å². The molecule has 0 saturated carbocycles. The number of halogens is 2. The molecule has 1 aromatic carbocycles. The standard InChI is InChI=1S/C6H4BrCl.S107/c7-5-3-1-2-4-6(5)8;1-3-5-7-9-11-13-15-17-19-21-23-25-27-29-31-33-35-37-39-41-43-45-47-49-51-53-55-57-59-61-63-65-67-69-71-73-75-77-79-81-83-85-87-89-91-93-95-97-99-101-103-105-107-106-104-102-100-98-96-94-92-90-88-86-84-82-80-78-76-74-72-70-68-66-64-62-60-58-56-54-52-50-48-46-44-42-40-38-36-34-32-30-28-26-24-22-20-18-16-14-12-10-8-6-4-2/h1-4H;/i1D,2D,3D,4D;. The van der Waals surface area contributed by atoms with Crippen LogP contribution in [0.2, 0.25) is 5.02 Å². The average Bonchev–Trinajstić information content (AvgIpc) is 0.811. The first-order chi connectivity index (χ1) is 58.9. The highest BCUT2D eigenvalue weighted by Crippen LogP contribution is 2.20. The van der Waals surface area contributed by atoms with E-state index in [9.17, 15) is 0 Å². The summed E-state index contributed by atoms with van der Waals surface area (Å²) in [6.45, 7) is 0. The topological polar surface area (TPSA) is 0 Å². The Bertz CT molecular complexity index is 8730. The Morgan fingerprint density at radius 2 is 0.217 bits per heavy atom. The van der Waals surface area contributed by atoms with Gasteiger partial charge in [-0.15, -0.1) is 0 Å².